The summed E-state index contributed by atoms with van der Waals surface area (Å²) in [4.78, 5) is 67.7. The maximum atomic E-state index is 14.6. The van der Waals surface area contributed by atoms with E-state index in [2.05, 4.69) is 16.7 Å². The van der Waals surface area contributed by atoms with Crippen molar-refractivity contribution in [2.24, 2.45) is 5.92 Å². The van der Waals surface area contributed by atoms with E-state index in [1.54, 1.807) is 24.3 Å². The van der Waals surface area contributed by atoms with E-state index >= 15 is 0 Å². The summed E-state index contributed by atoms with van der Waals surface area (Å²) < 4.78 is 17.8. The fourth-order valence-corrected chi connectivity index (χ4v) is 8.35. The summed E-state index contributed by atoms with van der Waals surface area (Å²) in [6, 6.07) is 12.8. The molecule has 8 rings (SSSR count). The molecule has 2 N–H and O–H groups in total. The number of ether oxygens (including phenoxy) is 3. The van der Waals surface area contributed by atoms with E-state index in [9.17, 15) is 19.2 Å². The Bertz CT molecular complexity index is 2120. The Balaban J connectivity index is 1.13. The average Bonchev–Trinajstić information content (AvgIpc) is 3.59. The van der Waals surface area contributed by atoms with E-state index in [0.717, 1.165) is 29.7 Å². The van der Waals surface area contributed by atoms with Crippen LogP contribution in [0.15, 0.2) is 66.1 Å². The monoisotopic (exact) mass is 735 g/mol. The lowest BCUT2D eigenvalue weighted by Gasteiger charge is -2.29. The van der Waals surface area contributed by atoms with Crippen molar-refractivity contribution in [2.45, 2.75) is 82.5 Å². The third-order valence-corrected chi connectivity index (χ3v) is 11.6. The zero-order valence-electron chi connectivity index (χ0n) is 29.6. The van der Waals surface area contributed by atoms with Crippen LogP contribution in [0, 0.1) is 12.8 Å². The number of benzene rings is 2. The fourth-order valence-electron chi connectivity index (χ4n) is 7.65. The Hall–Kier alpha value is -5.30. The number of Topliss-reactive ketones (excluding diaryl/α,β-unsaturated/α-hetero) is 1. The van der Waals surface area contributed by atoms with Crippen LogP contribution < -0.4 is 24.8 Å². The van der Waals surface area contributed by atoms with Gasteiger partial charge in [-0.25, -0.2) is 9.97 Å². The topological polar surface area (TPSA) is 149 Å². The number of nitrogens with zero attached hydrogens (tertiary/aromatic N) is 3. The minimum Gasteiger partial charge on any atom is -0.471 e. The number of nitrogens with one attached hydrogen (secondary N) is 2. The van der Waals surface area contributed by atoms with E-state index in [-0.39, 0.29) is 49.2 Å². The molecule has 13 heteroatoms. The molecule has 5 atom stereocenters. The molecular weight excluding hydrogens is 695 g/mol. The molecule has 1 saturated carbocycles. The average molecular weight is 736 g/mol. The number of amides is 3. The van der Waals surface area contributed by atoms with Gasteiger partial charge in [-0.3, -0.25) is 19.2 Å². The molecule has 4 aromatic rings. The Morgan fingerprint density at radius 1 is 1.04 bits per heavy atom. The lowest BCUT2D eigenvalue weighted by atomic mass is 10.0. The molecule has 4 aliphatic rings. The predicted octanol–water partition coefficient (Wildman–Crippen LogP) is 5.53. The summed E-state index contributed by atoms with van der Waals surface area (Å²) in [6.07, 6.45) is 7.83. The van der Waals surface area contributed by atoms with E-state index in [4.69, 9.17) is 24.2 Å². The third-order valence-electron chi connectivity index (χ3n) is 10.7. The van der Waals surface area contributed by atoms with Crippen LogP contribution in [0.1, 0.15) is 67.8 Å². The van der Waals surface area contributed by atoms with Gasteiger partial charge in [0.2, 0.25) is 24.5 Å². The first-order valence-electron chi connectivity index (χ1n) is 18.2. The van der Waals surface area contributed by atoms with Gasteiger partial charge < -0.3 is 29.7 Å². The Morgan fingerprint density at radius 3 is 2.58 bits per heavy atom. The predicted molar refractivity (Wildman–Crippen MR) is 198 cm³/mol. The molecule has 0 bridgehead atoms. The highest BCUT2D eigenvalue weighted by Gasteiger charge is 2.59. The maximum absolute atomic E-state index is 14.6. The molecule has 2 aromatic carbocycles. The second-order valence-electron chi connectivity index (χ2n) is 14.3. The van der Waals surface area contributed by atoms with Gasteiger partial charge in [0.25, 0.3) is 5.91 Å². The molecule has 2 fully saturated rings. The van der Waals surface area contributed by atoms with Crippen molar-refractivity contribution in [2.75, 3.05) is 13.3 Å². The van der Waals surface area contributed by atoms with Crippen molar-refractivity contribution in [1.29, 1.82) is 0 Å². The molecule has 1 saturated heterocycles. The fraction of sp³-hybridized carbons (Fsp3) is 0.400. The minimum absolute atomic E-state index is 0.0643. The highest BCUT2D eigenvalue weighted by Crippen LogP contribution is 2.46. The molecule has 274 valence electrons. The molecular formula is C40H41N5O7S. The largest absolute Gasteiger partial charge is 0.471 e. The van der Waals surface area contributed by atoms with Crippen molar-refractivity contribution >= 4 is 45.9 Å². The quantitative estimate of drug-likeness (QED) is 0.244. The van der Waals surface area contributed by atoms with Crippen molar-refractivity contribution in [1.82, 2.24) is 25.5 Å². The number of carbonyl (C=O) groups excluding carboxylic acids is 4. The molecule has 0 spiro atoms. The molecule has 1 aliphatic carbocycles. The molecule has 0 radical (unpaired) electrons. The van der Waals surface area contributed by atoms with Gasteiger partial charge in [-0.2, -0.15) is 0 Å². The van der Waals surface area contributed by atoms with Gasteiger partial charge in [-0.1, -0.05) is 49.3 Å². The standard InChI is InChI=1S/C40H41N5O7S/c1-23-11-8-9-13-27(23)36(47)42-28-14-7-5-3-4-6-12-25-20-40(25,24(2)46)44-37(48)31-17-26(21-45(31)39(28)49)52-38-35(34-15-10-16-53-34)41-29-18-32-33(51-22-50-32)19-30(29)43-38/h6,8-13,15-16,18-19,25-26,28,31H,3-5,7,14,17,20-22H2,1-2H3,(H,42,47)(H,44,48)/b12-6-/t25-,26?,28+,31+,40+/m1/s1. The van der Waals surface area contributed by atoms with Gasteiger partial charge in [-0.05, 0) is 62.6 Å². The number of aromatic nitrogens is 2. The molecule has 53 heavy (non-hydrogen) atoms. The van der Waals surface area contributed by atoms with Crippen molar-refractivity contribution in [3.05, 3.63) is 77.2 Å². The second-order valence-corrected chi connectivity index (χ2v) is 15.2. The first-order valence-corrected chi connectivity index (χ1v) is 19.1. The van der Waals surface area contributed by atoms with E-state index in [0.29, 0.717) is 53.1 Å². The van der Waals surface area contributed by atoms with Crippen LogP contribution in [-0.4, -0.2) is 75.4 Å². The molecule has 2 aromatic heterocycles. The first kappa shape index (κ1) is 34.8. The molecule has 5 heterocycles. The lowest BCUT2D eigenvalue weighted by molar-refractivity contribution is -0.141. The minimum atomic E-state index is -1.01. The Labute approximate surface area is 310 Å². The number of rotatable bonds is 6. The first-order chi connectivity index (χ1) is 25.7. The number of aryl methyl sites for hydroxylation is 1. The number of hydrogen-bond donors (Lipinski definition) is 2. The van der Waals surface area contributed by atoms with Crippen molar-refractivity contribution < 1.29 is 33.4 Å². The van der Waals surface area contributed by atoms with Gasteiger partial charge in [0.05, 0.1) is 22.5 Å². The van der Waals surface area contributed by atoms with Gasteiger partial charge in [-0.15, -0.1) is 11.3 Å². The Morgan fingerprint density at radius 2 is 1.83 bits per heavy atom. The summed E-state index contributed by atoms with van der Waals surface area (Å²) in [5.41, 5.74) is 1.94. The zero-order valence-corrected chi connectivity index (χ0v) is 30.4. The van der Waals surface area contributed by atoms with Crippen LogP contribution in [0.2, 0.25) is 0 Å². The van der Waals surface area contributed by atoms with Crippen molar-refractivity contribution in [3.8, 4) is 28.0 Å². The van der Waals surface area contributed by atoms with E-state index in [1.165, 1.54) is 23.2 Å². The number of hydrogen-bond acceptors (Lipinski definition) is 10. The highest BCUT2D eigenvalue weighted by atomic mass is 32.1. The van der Waals surface area contributed by atoms with Crippen LogP contribution in [0.25, 0.3) is 21.6 Å². The molecule has 3 amide bonds. The summed E-state index contributed by atoms with van der Waals surface area (Å²) in [5.74, 6) is 0.0345. The molecule has 12 nitrogen and oxygen atoms in total. The summed E-state index contributed by atoms with van der Waals surface area (Å²) in [5, 5.41) is 8.00. The molecule has 1 unspecified atom stereocenters. The summed E-state index contributed by atoms with van der Waals surface area (Å²) >= 11 is 1.49. The lowest BCUT2D eigenvalue weighted by Crippen LogP contribution is -2.56. The number of ketones is 1. The number of allylic oxidation sites excluding steroid dienone is 1. The SMILES string of the molecule is CC(=O)[C@@]12C[C@H]1/C=C\CCCCC[C@H](NC(=O)c1ccccc1C)C(=O)N1CC(Oc3nc4cc5c(cc4nc3-c3cccs3)OCO5)C[C@H]1C(=O)N2. The third kappa shape index (κ3) is 6.85. The highest BCUT2D eigenvalue weighted by molar-refractivity contribution is 7.13. The normalized spacial score (nSPS) is 26.1. The van der Waals surface area contributed by atoms with Crippen LogP contribution in [0.4, 0.5) is 0 Å². The second kappa shape index (κ2) is 14.3. The van der Waals surface area contributed by atoms with E-state index in [1.807, 2.05) is 42.6 Å². The Kier molecular flexibility index (Phi) is 9.35. The van der Waals surface area contributed by atoms with Gasteiger partial charge in [0.15, 0.2) is 17.3 Å². The number of thiophene rings is 1. The van der Waals surface area contributed by atoms with Crippen molar-refractivity contribution in [3.63, 3.8) is 0 Å². The molecule has 3 aliphatic heterocycles. The summed E-state index contributed by atoms with van der Waals surface area (Å²) in [7, 11) is 0. The summed E-state index contributed by atoms with van der Waals surface area (Å²) in [6.45, 7) is 3.53. The maximum Gasteiger partial charge on any atom is 0.252 e. The van der Waals surface area contributed by atoms with Crippen LogP contribution >= 0.6 is 11.3 Å². The van der Waals surface area contributed by atoms with E-state index < -0.39 is 29.6 Å². The van der Waals surface area contributed by atoms with Gasteiger partial charge >= 0.3 is 0 Å². The zero-order chi connectivity index (χ0) is 36.7. The number of carbonyl (C=O) groups is 4. The van der Waals surface area contributed by atoms with Crippen LogP contribution in [0.5, 0.6) is 17.4 Å². The van der Waals surface area contributed by atoms with Crippen LogP contribution in [-0.2, 0) is 14.4 Å². The van der Waals surface area contributed by atoms with Crippen LogP contribution in [0.3, 0.4) is 0 Å². The van der Waals surface area contributed by atoms with Gasteiger partial charge in [0, 0.05) is 30.0 Å². The van der Waals surface area contributed by atoms with Gasteiger partial charge in [0.1, 0.15) is 29.4 Å². The smallest absolute Gasteiger partial charge is 0.252 e. The number of fused-ring (bicyclic) bond motifs is 4.